The summed E-state index contributed by atoms with van der Waals surface area (Å²) in [7, 11) is 0. The topological polar surface area (TPSA) is 63.8 Å². The molecular weight excluding hydrogens is 248 g/mol. The van der Waals surface area contributed by atoms with Crippen molar-refractivity contribution in [2.24, 2.45) is 5.84 Å². The summed E-state index contributed by atoms with van der Waals surface area (Å²) in [6, 6.07) is 10.3. The van der Waals surface area contributed by atoms with Crippen LogP contribution in [0.4, 0.5) is 0 Å². The van der Waals surface area contributed by atoms with Crippen molar-refractivity contribution in [1.29, 1.82) is 0 Å². The van der Waals surface area contributed by atoms with Crippen molar-refractivity contribution in [2.75, 3.05) is 0 Å². The van der Waals surface area contributed by atoms with E-state index in [2.05, 4.69) is 60.4 Å². The van der Waals surface area contributed by atoms with Gasteiger partial charge < -0.3 is 0 Å². The van der Waals surface area contributed by atoms with Crippen molar-refractivity contribution in [3.8, 4) is 0 Å². The molecule has 0 aliphatic carbocycles. The first-order valence-electron chi connectivity index (χ1n) is 6.78. The molecule has 4 heteroatoms. The molecule has 0 aliphatic rings. The Balaban J connectivity index is 2.33. The van der Waals surface area contributed by atoms with Gasteiger partial charge in [-0.3, -0.25) is 5.84 Å². The van der Waals surface area contributed by atoms with Crippen LogP contribution >= 0.6 is 0 Å². The third kappa shape index (κ3) is 3.21. The lowest BCUT2D eigenvalue weighted by atomic mass is 9.86. The molecule has 0 fully saturated rings. The van der Waals surface area contributed by atoms with E-state index in [-0.39, 0.29) is 11.5 Å². The average Bonchev–Trinajstić information content (AvgIpc) is 2.39. The highest BCUT2D eigenvalue weighted by molar-refractivity contribution is 5.32. The Morgan fingerprint density at radius 2 is 1.75 bits per heavy atom. The predicted molar refractivity (Wildman–Crippen MR) is 81.1 cm³/mol. The number of rotatable bonds is 3. The second kappa shape index (κ2) is 5.69. The standard InChI is InChI=1S/C16H22N4/c1-11-18-10-9-14(19-11)15(20-17)12-5-7-13(8-6-12)16(2,3)4/h5-10,15,20H,17H2,1-4H3. The van der Waals surface area contributed by atoms with Gasteiger partial charge in [0, 0.05) is 6.20 Å². The number of nitrogens with zero attached hydrogens (tertiary/aromatic N) is 2. The maximum Gasteiger partial charge on any atom is 0.125 e. The summed E-state index contributed by atoms with van der Waals surface area (Å²) in [5.74, 6) is 6.44. The quantitative estimate of drug-likeness (QED) is 0.665. The maximum atomic E-state index is 5.70. The molecule has 0 aliphatic heterocycles. The Hall–Kier alpha value is -1.78. The molecule has 4 nitrogen and oxygen atoms in total. The van der Waals surface area contributed by atoms with Crippen molar-refractivity contribution in [2.45, 2.75) is 39.2 Å². The molecular formula is C16H22N4. The van der Waals surface area contributed by atoms with Gasteiger partial charge in [0.25, 0.3) is 0 Å². The molecule has 106 valence electrons. The molecule has 1 atom stereocenters. The summed E-state index contributed by atoms with van der Waals surface area (Å²) in [6.07, 6.45) is 1.76. The summed E-state index contributed by atoms with van der Waals surface area (Å²) < 4.78 is 0. The van der Waals surface area contributed by atoms with E-state index < -0.39 is 0 Å². The van der Waals surface area contributed by atoms with Crippen LogP contribution < -0.4 is 11.3 Å². The molecule has 0 radical (unpaired) electrons. The van der Waals surface area contributed by atoms with Crippen LogP contribution in [0.15, 0.2) is 36.5 Å². The first-order valence-corrected chi connectivity index (χ1v) is 6.78. The lowest BCUT2D eigenvalue weighted by Gasteiger charge is -2.21. The van der Waals surface area contributed by atoms with Crippen LogP contribution in [0, 0.1) is 6.92 Å². The third-order valence-corrected chi connectivity index (χ3v) is 3.37. The second-order valence-corrected chi connectivity index (χ2v) is 6.00. The molecule has 0 saturated carbocycles. The summed E-state index contributed by atoms with van der Waals surface area (Å²) in [4.78, 5) is 8.56. The second-order valence-electron chi connectivity index (χ2n) is 6.00. The highest BCUT2D eigenvalue weighted by atomic mass is 15.2. The van der Waals surface area contributed by atoms with Gasteiger partial charge in [-0.1, -0.05) is 45.0 Å². The van der Waals surface area contributed by atoms with Gasteiger partial charge in [0.2, 0.25) is 0 Å². The van der Waals surface area contributed by atoms with Gasteiger partial charge in [-0.15, -0.1) is 0 Å². The highest BCUT2D eigenvalue weighted by Gasteiger charge is 2.17. The van der Waals surface area contributed by atoms with Crippen LogP contribution in [0.5, 0.6) is 0 Å². The fourth-order valence-electron chi connectivity index (χ4n) is 2.16. The van der Waals surface area contributed by atoms with Crippen LogP contribution in [-0.2, 0) is 5.41 Å². The minimum absolute atomic E-state index is 0.120. The summed E-state index contributed by atoms with van der Waals surface area (Å²) >= 11 is 0. The Morgan fingerprint density at radius 1 is 1.10 bits per heavy atom. The van der Waals surface area contributed by atoms with Gasteiger partial charge in [0.1, 0.15) is 5.82 Å². The van der Waals surface area contributed by atoms with E-state index >= 15 is 0 Å². The molecule has 0 bridgehead atoms. The van der Waals surface area contributed by atoms with Crippen molar-refractivity contribution in [1.82, 2.24) is 15.4 Å². The molecule has 20 heavy (non-hydrogen) atoms. The number of hydrazine groups is 1. The molecule has 0 amide bonds. The van der Waals surface area contributed by atoms with Crippen LogP contribution in [0.2, 0.25) is 0 Å². The summed E-state index contributed by atoms with van der Waals surface area (Å²) in [5, 5.41) is 0. The monoisotopic (exact) mass is 270 g/mol. The van der Waals surface area contributed by atoms with Gasteiger partial charge >= 0.3 is 0 Å². The van der Waals surface area contributed by atoms with Gasteiger partial charge in [-0.25, -0.2) is 15.4 Å². The average molecular weight is 270 g/mol. The van der Waals surface area contributed by atoms with E-state index in [4.69, 9.17) is 5.84 Å². The molecule has 1 aromatic heterocycles. The van der Waals surface area contributed by atoms with Gasteiger partial charge in [-0.2, -0.15) is 0 Å². The van der Waals surface area contributed by atoms with E-state index in [9.17, 15) is 0 Å². The smallest absolute Gasteiger partial charge is 0.125 e. The van der Waals surface area contributed by atoms with Gasteiger partial charge in [0.15, 0.2) is 0 Å². The van der Waals surface area contributed by atoms with Crippen LogP contribution in [0.3, 0.4) is 0 Å². The first kappa shape index (κ1) is 14.6. The van der Waals surface area contributed by atoms with Crippen molar-refractivity contribution in [3.05, 3.63) is 59.2 Å². The first-order chi connectivity index (χ1) is 9.41. The molecule has 0 spiro atoms. The van der Waals surface area contributed by atoms with Crippen LogP contribution in [-0.4, -0.2) is 9.97 Å². The fraction of sp³-hybridized carbons (Fsp3) is 0.375. The van der Waals surface area contributed by atoms with Gasteiger partial charge in [-0.05, 0) is 29.5 Å². The number of nitrogens with one attached hydrogen (secondary N) is 1. The zero-order valence-corrected chi connectivity index (χ0v) is 12.5. The molecule has 1 unspecified atom stereocenters. The zero-order valence-electron chi connectivity index (χ0n) is 12.5. The Bertz CT molecular complexity index is 570. The molecule has 2 rings (SSSR count). The fourth-order valence-corrected chi connectivity index (χ4v) is 2.16. The van der Waals surface area contributed by atoms with E-state index in [1.54, 1.807) is 6.20 Å². The van der Waals surface area contributed by atoms with Crippen molar-refractivity contribution >= 4 is 0 Å². The molecule has 1 heterocycles. The van der Waals surface area contributed by atoms with Crippen LogP contribution in [0.25, 0.3) is 0 Å². The SMILES string of the molecule is Cc1nccc(C(NN)c2ccc(C(C)(C)C)cc2)n1. The molecule has 1 aromatic carbocycles. The number of nitrogens with two attached hydrogens (primary N) is 1. The number of aryl methyl sites for hydroxylation is 1. The molecule has 0 saturated heterocycles. The largest absolute Gasteiger partial charge is 0.271 e. The number of benzene rings is 1. The van der Waals surface area contributed by atoms with E-state index in [1.807, 2.05) is 13.0 Å². The maximum absolute atomic E-state index is 5.70. The normalized spacial score (nSPS) is 13.2. The highest BCUT2D eigenvalue weighted by Crippen LogP contribution is 2.25. The Kier molecular flexibility index (Phi) is 4.16. The van der Waals surface area contributed by atoms with Gasteiger partial charge in [0.05, 0.1) is 11.7 Å². The summed E-state index contributed by atoms with van der Waals surface area (Å²) in [6.45, 7) is 8.48. The lowest BCUT2D eigenvalue weighted by Crippen LogP contribution is -2.29. The Labute approximate surface area is 120 Å². The molecule has 2 aromatic rings. The number of aromatic nitrogens is 2. The lowest BCUT2D eigenvalue weighted by molar-refractivity contribution is 0.586. The van der Waals surface area contributed by atoms with Crippen LogP contribution in [0.1, 0.15) is 49.5 Å². The summed E-state index contributed by atoms with van der Waals surface area (Å²) in [5.41, 5.74) is 6.25. The van der Waals surface area contributed by atoms with Crippen molar-refractivity contribution < 1.29 is 0 Å². The number of hydrogen-bond donors (Lipinski definition) is 2. The predicted octanol–water partition coefficient (Wildman–Crippen LogP) is 2.64. The van der Waals surface area contributed by atoms with E-state index in [0.717, 1.165) is 17.1 Å². The molecule has 3 N–H and O–H groups in total. The van der Waals surface area contributed by atoms with E-state index in [1.165, 1.54) is 5.56 Å². The Morgan fingerprint density at radius 3 is 2.25 bits per heavy atom. The third-order valence-electron chi connectivity index (χ3n) is 3.37. The number of hydrogen-bond acceptors (Lipinski definition) is 4. The minimum atomic E-state index is -0.120. The van der Waals surface area contributed by atoms with Crippen molar-refractivity contribution in [3.63, 3.8) is 0 Å². The zero-order chi connectivity index (χ0) is 14.8. The minimum Gasteiger partial charge on any atom is -0.271 e. The van der Waals surface area contributed by atoms with E-state index in [0.29, 0.717) is 0 Å².